The minimum absolute atomic E-state index is 0.170. The number of hydrogen-bond donors (Lipinski definition) is 3. The molecule has 0 aliphatic heterocycles. The molecule has 0 aliphatic carbocycles. The second-order valence-electron chi connectivity index (χ2n) is 3.50. The van der Waals surface area contributed by atoms with Crippen molar-refractivity contribution in [1.82, 2.24) is 5.32 Å². The average molecular weight is 260 g/mol. The number of nitrogens with one attached hydrogen (secondary N) is 1. The largest absolute Gasteiger partial charge is 0.508 e. The number of phenols is 2. The van der Waals surface area contributed by atoms with Gasteiger partial charge in [-0.25, -0.2) is 0 Å². The summed E-state index contributed by atoms with van der Waals surface area (Å²) in [6.07, 6.45) is 0. The Bertz CT molecular complexity index is 377. The van der Waals surface area contributed by atoms with Gasteiger partial charge in [0.05, 0.1) is 12.0 Å². The van der Waals surface area contributed by atoms with E-state index in [1.807, 2.05) is 0 Å². The Morgan fingerprint density at radius 2 is 2.00 bits per heavy atom. The summed E-state index contributed by atoms with van der Waals surface area (Å²) in [6.45, 7) is 0.567. The van der Waals surface area contributed by atoms with Crippen LogP contribution in [0.1, 0.15) is 10.4 Å². The maximum Gasteiger partial charge on any atom is 0.251 e. The number of carbonyl (C=O) groups is 1. The highest BCUT2D eigenvalue weighted by atomic mass is 35.5. The number of amides is 1. The number of ether oxygens (including phenoxy) is 1. The molecule has 0 heterocycles. The molecule has 94 valence electrons. The van der Waals surface area contributed by atoms with Crippen molar-refractivity contribution in [1.29, 1.82) is 0 Å². The molecular weight excluding hydrogens is 246 g/mol. The summed E-state index contributed by atoms with van der Waals surface area (Å²) in [5, 5.41) is 20.7. The Balaban J connectivity index is 2.58. The van der Waals surface area contributed by atoms with Gasteiger partial charge in [0.15, 0.2) is 0 Å². The van der Waals surface area contributed by atoms with E-state index >= 15 is 0 Å². The van der Waals surface area contributed by atoms with Crippen LogP contribution < -0.4 is 5.32 Å². The lowest BCUT2D eigenvalue weighted by molar-refractivity contribution is 0.0948. The van der Waals surface area contributed by atoms with Crippen molar-refractivity contribution < 1.29 is 19.7 Å². The molecule has 1 aromatic carbocycles. The number of rotatable bonds is 5. The smallest absolute Gasteiger partial charge is 0.251 e. The van der Waals surface area contributed by atoms with E-state index < -0.39 is 5.91 Å². The van der Waals surface area contributed by atoms with Gasteiger partial charge in [0.1, 0.15) is 11.5 Å². The number of phenolic OH excluding ortho intramolecular Hbond substituents is 2. The first kappa shape index (κ1) is 13.6. The molecule has 0 bridgehead atoms. The molecule has 0 aromatic heterocycles. The van der Waals surface area contributed by atoms with E-state index in [1.165, 1.54) is 19.2 Å². The molecule has 0 saturated heterocycles. The van der Waals surface area contributed by atoms with Gasteiger partial charge in [-0.1, -0.05) is 0 Å². The lowest BCUT2D eigenvalue weighted by Gasteiger charge is -2.10. The van der Waals surface area contributed by atoms with E-state index in [-0.39, 0.29) is 29.0 Å². The predicted octanol–water partition coefficient (Wildman–Crippen LogP) is 1.08. The second kappa shape index (κ2) is 6.32. The highest BCUT2D eigenvalue weighted by molar-refractivity contribution is 6.21. The van der Waals surface area contributed by atoms with E-state index in [0.717, 1.165) is 6.07 Å². The third kappa shape index (κ3) is 4.50. The zero-order chi connectivity index (χ0) is 12.8. The van der Waals surface area contributed by atoms with Gasteiger partial charge in [-0.2, -0.15) is 0 Å². The van der Waals surface area contributed by atoms with Gasteiger partial charge in [0.25, 0.3) is 5.91 Å². The number of halogens is 1. The summed E-state index contributed by atoms with van der Waals surface area (Å²) in [7, 11) is 1.52. The maximum atomic E-state index is 11.6. The summed E-state index contributed by atoms with van der Waals surface area (Å²) in [6, 6.07) is 3.66. The number of alkyl halides is 1. The molecule has 0 saturated carbocycles. The van der Waals surface area contributed by atoms with Crippen LogP contribution >= 0.6 is 11.6 Å². The van der Waals surface area contributed by atoms with E-state index in [4.69, 9.17) is 16.3 Å². The lowest BCUT2D eigenvalue weighted by atomic mass is 10.2. The molecule has 0 fully saturated rings. The molecule has 0 spiro atoms. The number of aromatic hydroxyl groups is 2. The Morgan fingerprint density at radius 3 is 2.53 bits per heavy atom. The summed E-state index contributed by atoms with van der Waals surface area (Å²) < 4.78 is 4.82. The number of hydrogen-bond acceptors (Lipinski definition) is 4. The van der Waals surface area contributed by atoms with Crippen LogP contribution in [0.25, 0.3) is 0 Å². The molecule has 1 aromatic rings. The highest BCUT2D eigenvalue weighted by Crippen LogP contribution is 2.20. The monoisotopic (exact) mass is 259 g/mol. The first-order valence-electron chi connectivity index (χ1n) is 4.97. The molecule has 17 heavy (non-hydrogen) atoms. The van der Waals surface area contributed by atoms with Crippen LogP contribution in [0.15, 0.2) is 18.2 Å². The SMILES string of the molecule is COCC(Cl)CNC(=O)c1cc(O)cc(O)c1. The average Bonchev–Trinajstić information content (AvgIpc) is 2.25. The van der Waals surface area contributed by atoms with Crippen molar-refractivity contribution in [3.63, 3.8) is 0 Å². The number of methoxy groups -OCH3 is 1. The van der Waals surface area contributed by atoms with Crippen LogP contribution in [0.5, 0.6) is 11.5 Å². The molecule has 3 N–H and O–H groups in total. The summed E-state index contributed by atoms with van der Waals surface area (Å²) >= 11 is 5.84. The maximum absolute atomic E-state index is 11.6. The summed E-state index contributed by atoms with van der Waals surface area (Å²) in [5.41, 5.74) is 0.170. The molecule has 6 heteroatoms. The Hall–Kier alpha value is -1.46. The number of benzene rings is 1. The van der Waals surface area contributed by atoms with Crippen molar-refractivity contribution >= 4 is 17.5 Å². The molecule has 1 amide bonds. The summed E-state index contributed by atoms with van der Waals surface area (Å²) in [4.78, 5) is 11.6. The number of carbonyl (C=O) groups excluding carboxylic acids is 1. The van der Waals surface area contributed by atoms with Gasteiger partial charge in [-0.3, -0.25) is 4.79 Å². The zero-order valence-electron chi connectivity index (χ0n) is 9.31. The molecular formula is C11H14ClNO4. The predicted molar refractivity (Wildman–Crippen MR) is 63.6 cm³/mol. The first-order valence-corrected chi connectivity index (χ1v) is 5.41. The van der Waals surface area contributed by atoms with Gasteiger partial charge in [0, 0.05) is 25.3 Å². The van der Waals surface area contributed by atoms with Crippen molar-refractivity contribution in [3.05, 3.63) is 23.8 Å². The first-order chi connectivity index (χ1) is 8.02. The van der Waals surface area contributed by atoms with Crippen molar-refractivity contribution in [2.24, 2.45) is 0 Å². The third-order valence-electron chi connectivity index (χ3n) is 2.00. The van der Waals surface area contributed by atoms with Gasteiger partial charge in [0.2, 0.25) is 0 Å². The van der Waals surface area contributed by atoms with Gasteiger partial charge < -0.3 is 20.3 Å². The van der Waals surface area contributed by atoms with E-state index in [1.54, 1.807) is 0 Å². The van der Waals surface area contributed by atoms with Crippen LogP contribution in [0, 0.1) is 0 Å². The fourth-order valence-corrected chi connectivity index (χ4v) is 1.47. The fraction of sp³-hybridized carbons (Fsp3) is 0.364. The lowest BCUT2D eigenvalue weighted by Crippen LogP contribution is -2.31. The normalized spacial score (nSPS) is 12.1. The van der Waals surface area contributed by atoms with Crippen molar-refractivity contribution in [3.8, 4) is 11.5 Å². The topological polar surface area (TPSA) is 78.8 Å². The van der Waals surface area contributed by atoms with E-state index in [2.05, 4.69) is 5.32 Å². The molecule has 5 nitrogen and oxygen atoms in total. The highest BCUT2D eigenvalue weighted by Gasteiger charge is 2.10. The minimum Gasteiger partial charge on any atom is -0.508 e. The van der Waals surface area contributed by atoms with Crippen molar-refractivity contribution in [2.75, 3.05) is 20.3 Å². The molecule has 0 aliphatic rings. The Labute approximate surface area is 104 Å². The van der Waals surface area contributed by atoms with E-state index in [9.17, 15) is 15.0 Å². The van der Waals surface area contributed by atoms with Crippen LogP contribution in [0.4, 0.5) is 0 Å². The van der Waals surface area contributed by atoms with Gasteiger partial charge in [-0.15, -0.1) is 11.6 Å². The fourth-order valence-electron chi connectivity index (χ4n) is 1.27. The molecule has 0 radical (unpaired) electrons. The van der Waals surface area contributed by atoms with Crippen LogP contribution in [-0.2, 0) is 4.74 Å². The van der Waals surface area contributed by atoms with Gasteiger partial charge in [-0.05, 0) is 12.1 Å². The molecule has 1 unspecified atom stereocenters. The standard InChI is InChI=1S/C11H14ClNO4/c1-17-6-8(12)5-13-11(16)7-2-9(14)4-10(15)3-7/h2-4,8,14-15H,5-6H2,1H3,(H,13,16). The second-order valence-corrected chi connectivity index (χ2v) is 4.12. The van der Waals surface area contributed by atoms with Crippen LogP contribution in [0.3, 0.4) is 0 Å². The zero-order valence-corrected chi connectivity index (χ0v) is 10.1. The summed E-state index contributed by atoms with van der Waals surface area (Å²) in [5.74, 6) is -0.762. The van der Waals surface area contributed by atoms with Crippen LogP contribution in [-0.4, -0.2) is 41.8 Å². The van der Waals surface area contributed by atoms with E-state index in [0.29, 0.717) is 6.61 Å². The van der Waals surface area contributed by atoms with Crippen molar-refractivity contribution in [2.45, 2.75) is 5.38 Å². The minimum atomic E-state index is -0.419. The third-order valence-corrected chi connectivity index (χ3v) is 2.28. The Morgan fingerprint density at radius 1 is 1.41 bits per heavy atom. The van der Waals surface area contributed by atoms with Crippen LogP contribution in [0.2, 0.25) is 0 Å². The molecule has 1 rings (SSSR count). The molecule has 1 atom stereocenters. The quantitative estimate of drug-likeness (QED) is 0.692. The Kier molecular flexibility index (Phi) is 5.06. The van der Waals surface area contributed by atoms with Gasteiger partial charge >= 0.3 is 0 Å².